The van der Waals surface area contributed by atoms with Gasteiger partial charge in [-0.05, 0) is 42.5 Å². The van der Waals surface area contributed by atoms with E-state index in [0.717, 1.165) is 16.1 Å². The van der Waals surface area contributed by atoms with Crippen molar-refractivity contribution in [1.82, 2.24) is 9.97 Å². The highest BCUT2D eigenvalue weighted by molar-refractivity contribution is 8.14. The molecule has 0 unspecified atom stereocenters. The number of hydrogen-bond donors (Lipinski definition) is 1. The number of ketones is 1. The van der Waals surface area contributed by atoms with Crippen molar-refractivity contribution in [1.29, 1.82) is 0 Å². The van der Waals surface area contributed by atoms with Crippen molar-refractivity contribution in [2.75, 3.05) is 23.2 Å². The van der Waals surface area contributed by atoms with E-state index in [2.05, 4.69) is 9.97 Å². The molecule has 0 bridgehead atoms. The minimum Gasteiger partial charge on any atom is -0.394 e. The molecule has 2 aromatic carbocycles. The average Bonchev–Trinajstić information content (AvgIpc) is 2.75. The van der Waals surface area contributed by atoms with Crippen molar-refractivity contribution in [3.05, 3.63) is 60.4 Å². The number of aliphatic hydroxyl groups excluding tert-OH is 1. The van der Waals surface area contributed by atoms with E-state index in [1.807, 2.05) is 0 Å². The Bertz CT molecular complexity index is 1180. The topological polar surface area (TPSA) is 118 Å². The number of carbonyl (C=O) groups is 2. The molecule has 8 nitrogen and oxygen atoms in total. The van der Waals surface area contributed by atoms with Gasteiger partial charge in [0.15, 0.2) is 10.9 Å². The first kappa shape index (κ1) is 21.9. The first-order chi connectivity index (χ1) is 14.3. The highest BCUT2D eigenvalue weighted by atomic mass is 32.2. The van der Waals surface area contributed by atoms with Crippen LogP contribution < -0.4 is 4.31 Å². The first-order valence-corrected chi connectivity index (χ1v) is 11.4. The molecule has 0 amide bonds. The number of aliphatic hydroxyl groups is 1. The molecule has 0 saturated carbocycles. The fourth-order valence-corrected chi connectivity index (χ4v) is 4.75. The second-order valence-corrected chi connectivity index (χ2v) is 9.27. The van der Waals surface area contributed by atoms with E-state index in [1.54, 1.807) is 6.07 Å². The lowest BCUT2D eigenvalue weighted by molar-refractivity contribution is -0.109. The minimum absolute atomic E-state index is 0.0157. The van der Waals surface area contributed by atoms with Crippen molar-refractivity contribution in [2.45, 2.75) is 11.8 Å². The van der Waals surface area contributed by atoms with Gasteiger partial charge in [-0.2, -0.15) is 0 Å². The summed E-state index contributed by atoms with van der Waals surface area (Å²) in [5.41, 5.74) is 1.68. The van der Waals surface area contributed by atoms with E-state index < -0.39 is 10.0 Å². The number of hydrogen-bond acceptors (Lipinski definition) is 8. The summed E-state index contributed by atoms with van der Waals surface area (Å²) in [5, 5.41) is 9.27. The maximum Gasteiger partial charge on any atom is 0.264 e. The Balaban J connectivity index is 1.91. The van der Waals surface area contributed by atoms with Crippen molar-refractivity contribution in [2.24, 2.45) is 0 Å². The minimum atomic E-state index is -3.99. The van der Waals surface area contributed by atoms with Crippen molar-refractivity contribution in [3.63, 3.8) is 0 Å². The van der Waals surface area contributed by atoms with Crippen LogP contribution in [0.25, 0.3) is 11.0 Å². The van der Waals surface area contributed by atoms with Gasteiger partial charge in [0, 0.05) is 24.9 Å². The van der Waals surface area contributed by atoms with Gasteiger partial charge in [-0.3, -0.25) is 23.9 Å². The molecule has 0 atom stereocenters. The predicted molar refractivity (Wildman–Crippen MR) is 115 cm³/mol. The highest BCUT2D eigenvalue weighted by Gasteiger charge is 2.25. The molecule has 0 saturated heterocycles. The Hall–Kier alpha value is -2.82. The Morgan fingerprint density at radius 1 is 1.03 bits per heavy atom. The van der Waals surface area contributed by atoms with Gasteiger partial charge in [0.05, 0.1) is 40.5 Å². The zero-order valence-corrected chi connectivity index (χ0v) is 17.7. The maximum atomic E-state index is 13.2. The zero-order valence-electron chi connectivity index (χ0n) is 16.1. The Labute approximate surface area is 178 Å². The summed E-state index contributed by atoms with van der Waals surface area (Å²) in [5.74, 6) is -0.211. The predicted octanol–water partition coefficient (Wildman–Crippen LogP) is 2.28. The van der Waals surface area contributed by atoms with Gasteiger partial charge in [-0.25, -0.2) is 8.42 Å². The molecule has 0 spiro atoms. The van der Waals surface area contributed by atoms with Crippen LogP contribution in [-0.4, -0.2) is 53.3 Å². The standard InChI is InChI=1S/C20H19N3O5S2/c1-14(25)29-13-20(26)15-2-4-16(5-3-15)23(10-11-24)30(27,28)17-6-7-18-19(12-17)22-9-8-21-18/h2-9,12,24H,10-11,13H2,1H3. The molecule has 0 aliphatic carbocycles. The number of thioether (sulfide) groups is 1. The first-order valence-electron chi connectivity index (χ1n) is 8.94. The monoisotopic (exact) mass is 445 g/mol. The SMILES string of the molecule is CC(=O)SCC(=O)c1ccc(N(CCO)S(=O)(=O)c2ccc3nccnc3c2)cc1. The Morgan fingerprint density at radius 3 is 2.33 bits per heavy atom. The van der Waals surface area contributed by atoms with E-state index in [1.165, 1.54) is 55.7 Å². The van der Waals surface area contributed by atoms with E-state index in [-0.39, 0.29) is 34.7 Å². The molecule has 3 rings (SSSR count). The molecular formula is C20H19N3O5S2. The van der Waals surface area contributed by atoms with Gasteiger partial charge >= 0.3 is 0 Å². The molecular weight excluding hydrogens is 426 g/mol. The number of nitrogens with zero attached hydrogens (tertiary/aromatic N) is 3. The van der Waals surface area contributed by atoms with Gasteiger partial charge in [0.1, 0.15) is 0 Å². The van der Waals surface area contributed by atoms with Crippen LogP contribution in [0.4, 0.5) is 5.69 Å². The zero-order chi connectivity index (χ0) is 21.7. The Kier molecular flexibility index (Phi) is 6.80. The second kappa shape index (κ2) is 9.33. The van der Waals surface area contributed by atoms with Crippen LogP contribution in [0.5, 0.6) is 0 Å². The number of aromatic nitrogens is 2. The number of anilines is 1. The smallest absolute Gasteiger partial charge is 0.264 e. The van der Waals surface area contributed by atoms with Crippen molar-refractivity contribution < 1.29 is 23.1 Å². The summed E-state index contributed by atoms with van der Waals surface area (Å²) >= 11 is 0.916. The highest BCUT2D eigenvalue weighted by Crippen LogP contribution is 2.26. The number of carbonyl (C=O) groups excluding carboxylic acids is 2. The molecule has 0 aliphatic rings. The van der Waals surface area contributed by atoms with Crippen LogP contribution in [0.1, 0.15) is 17.3 Å². The summed E-state index contributed by atoms with van der Waals surface area (Å²) < 4.78 is 27.5. The molecule has 0 aliphatic heterocycles. The third-order valence-electron chi connectivity index (χ3n) is 4.22. The van der Waals surface area contributed by atoms with E-state index >= 15 is 0 Å². The average molecular weight is 446 g/mol. The third-order valence-corrected chi connectivity index (χ3v) is 6.85. The van der Waals surface area contributed by atoms with E-state index in [9.17, 15) is 23.1 Å². The van der Waals surface area contributed by atoms with Crippen LogP contribution in [0.2, 0.25) is 0 Å². The molecule has 156 valence electrons. The summed E-state index contributed by atoms with van der Waals surface area (Å²) in [4.78, 5) is 31.4. The largest absolute Gasteiger partial charge is 0.394 e. The number of Topliss-reactive ketones (excluding diaryl/α,β-unsaturated/α-hetero) is 1. The fraction of sp³-hybridized carbons (Fsp3) is 0.200. The third kappa shape index (κ3) is 4.84. The molecule has 1 aromatic heterocycles. The van der Waals surface area contributed by atoms with Crippen molar-refractivity contribution >= 4 is 49.4 Å². The van der Waals surface area contributed by atoms with Gasteiger partial charge in [0.2, 0.25) is 0 Å². The van der Waals surface area contributed by atoms with Gasteiger partial charge < -0.3 is 5.11 Å². The molecule has 1 heterocycles. The summed E-state index contributed by atoms with van der Waals surface area (Å²) in [6.07, 6.45) is 3.00. The molecule has 3 aromatic rings. The van der Waals surface area contributed by atoms with Crippen LogP contribution in [0.3, 0.4) is 0 Å². The second-order valence-electron chi connectivity index (χ2n) is 6.26. The van der Waals surface area contributed by atoms with Crippen LogP contribution in [0, 0.1) is 0 Å². The van der Waals surface area contributed by atoms with Gasteiger partial charge in [-0.1, -0.05) is 11.8 Å². The summed E-state index contributed by atoms with van der Waals surface area (Å²) in [7, 11) is -3.99. The van der Waals surface area contributed by atoms with Gasteiger partial charge in [-0.15, -0.1) is 0 Å². The summed E-state index contributed by atoms with van der Waals surface area (Å²) in [6, 6.07) is 10.4. The summed E-state index contributed by atoms with van der Waals surface area (Å²) in [6.45, 7) is 0.841. The van der Waals surface area contributed by atoms with E-state index in [0.29, 0.717) is 22.3 Å². The van der Waals surface area contributed by atoms with Crippen LogP contribution in [0.15, 0.2) is 59.8 Å². The Morgan fingerprint density at radius 2 is 1.70 bits per heavy atom. The van der Waals surface area contributed by atoms with E-state index in [4.69, 9.17) is 0 Å². The number of rotatable bonds is 8. The number of fused-ring (bicyclic) bond motifs is 1. The van der Waals surface area contributed by atoms with Crippen LogP contribution in [-0.2, 0) is 14.8 Å². The van der Waals surface area contributed by atoms with Crippen LogP contribution >= 0.6 is 11.8 Å². The number of sulfonamides is 1. The molecule has 0 radical (unpaired) electrons. The number of benzene rings is 2. The molecule has 10 heteroatoms. The normalized spacial score (nSPS) is 11.4. The lowest BCUT2D eigenvalue weighted by Gasteiger charge is -2.24. The molecule has 0 fully saturated rings. The molecule has 1 N–H and O–H groups in total. The fourth-order valence-electron chi connectivity index (χ4n) is 2.77. The lowest BCUT2D eigenvalue weighted by Crippen LogP contribution is -2.33. The lowest BCUT2D eigenvalue weighted by atomic mass is 10.1. The maximum absolute atomic E-state index is 13.2. The van der Waals surface area contributed by atoms with Gasteiger partial charge in [0.25, 0.3) is 10.0 Å². The quantitative estimate of drug-likeness (QED) is 0.525. The van der Waals surface area contributed by atoms with Crippen molar-refractivity contribution in [3.8, 4) is 0 Å². The molecule has 30 heavy (non-hydrogen) atoms.